The van der Waals surface area contributed by atoms with E-state index >= 15 is 0 Å². The first-order valence-electron chi connectivity index (χ1n) is 5.16. The van der Waals surface area contributed by atoms with E-state index in [1.165, 1.54) is 0 Å². The molecule has 0 unspecified atom stereocenters. The van der Waals surface area contributed by atoms with Crippen molar-refractivity contribution in [3.63, 3.8) is 0 Å². The fourth-order valence-corrected chi connectivity index (χ4v) is 1.89. The van der Waals surface area contributed by atoms with Crippen LogP contribution in [0, 0.1) is 13.8 Å². The van der Waals surface area contributed by atoms with E-state index < -0.39 is 0 Å². The number of hydrogen-bond acceptors (Lipinski definition) is 2. The predicted molar refractivity (Wildman–Crippen MR) is 66.5 cm³/mol. The summed E-state index contributed by atoms with van der Waals surface area (Å²) >= 11 is 5.92. The van der Waals surface area contributed by atoms with Crippen LogP contribution in [0.1, 0.15) is 17.1 Å². The van der Waals surface area contributed by atoms with Gasteiger partial charge in [0, 0.05) is 23.1 Å². The van der Waals surface area contributed by atoms with Crippen molar-refractivity contribution in [2.24, 2.45) is 0 Å². The zero-order valence-electron chi connectivity index (χ0n) is 9.37. The minimum absolute atomic E-state index is 0.429. The minimum atomic E-state index is 0.429. The predicted octanol–water partition coefficient (Wildman–Crippen LogP) is 3.50. The average molecular weight is 233 g/mol. The van der Waals surface area contributed by atoms with Gasteiger partial charge in [0.05, 0.1) is 11.6 Å². The maximum atomic E-state index is 5.92. The van der Waals surface area contributed by atoms with Crippen LogP contribution < -0.4 is 0 Å². The van der Waals surface area contributed by atoms with Crippen LogP contribution in [0.5, 0.6) is 0 Å². The summed E-state index contributed by atoms with van der Waals surface area (Å²) in [4.78, 5) is 8.63. The second-order valence-corrected chi connectivity index (χ2v) is 4.03. The number of halogens is 1. The van der Waals surface area contributed by atoms with Gasteiger partial charge in [-0.2, -0.15) is 0 Å². The number of hydrogen-bond donors (Lipinski definition) is 0. The smallest absolute Gasteiger partial charge is 0.0653 e. The van der Waals surface area contributed by atoms with Crippen molar-refractivity contribution < 1.29 is 0 Å². The Bertz CT molecular complexity index is 509. The number of aromatic nitrogens is 2. The van der Waals surface area contributed by atoms with Gasteiger partial charge in [-0.3, -0.25) is 9.97 Å². The van der Waals surface area contributed by atoms with Crippen LogP contribution in [-0.4, -0.2) is 9.97 Å². The van der Waals surface area contributed by atoms with Crippen molar-refractivity contribution in [2.45, 2.75) is 19.7 Å². The Kier molecular flexibility index (Phi) is 3.20. The molecular weight excluding hydrogens is 220 g/mol. The fourth-order valence-electron chi connectivity index (χ4n) is 1.69. The first kappa shape index (κ1) is 11.1. The van der Waals surface area contributed by atoms with Gasteiger partial charge in [-0.15, -0.1) is 11.6 Å². The second kappa shape index (κ2) is 4.62. The molecule has 3 heteroatoms. The van der Waals surface area contributed by atoms with Crippen molar-refractivity contribution >= 4 is 11.6 Å². The van der Waals surface area contributed by atoms with E-state index in [9.17, 15) is 0 Å². The highest BCUT2D eigenvalue weighted by Crippen LogP contribution is 2.24. The van der Waals surface area contributed by atoms with Crippen LogP contribution in [0.3, 0.4) is 0 Å². The lowest BCUT2D eigenvalue weighted by molar-refractivity contribution is 1.10. The minimum Gasteiger partial charge on any atom is -0.262 e. The Morgan fingerprint density at radius 1 is 1.12 bits per heavy atom. The first-order valence-corrected chi connectivity index (χ1v) is 5.69. The van der Waals surface area contributed by atoms with E-state index in [-0.39, 0.29) is 0 Å². The van der Waals surface area contributed by atoms with Gasteiger partial charge in [0.25, 0.3) is 0 Å². The number of pyridine rings is 2. The molecule has 0 saturated carbocycles. The molecule has 0 aliphatic rings. The van der Waals surface area contributed by atoms with Crippen molar-refractivity contribution in [3.05, 3.63) is 47.5 Å². The van der Waals surface area contributed by atoms with Crippen LogP contribution in [0.15, 0.2) is 30.5 Å². The highest BCUT2D eigenvalue weighted by atomic mass is 35.5. The largest absolute Gasteiger partial charge is 0.262 e. The summed E-state index contributed by atoms with van der Waals surface area (Å²) in [7, 11) is 0. The quantitative estimate of drug-likeness (QED) is 0.741. The molecule has 0 atom stereocenters. The molecule has 0 aliphatic heterocycles. The summed E-state index contributed by atoms with van der Waals surface area (Å²) in [5.41, 5.74) is 5.12. The summed E-state index contributed by atoms with van der Waals surface area (Å²) in [5.74, 6) is 0.429. The van der Waals surface area contributed by atoms with Gasteiger partial charge in [-0.05, 0) is 37.6 Å². The SMILES string of the molecule is Cc1cc(-c2ccc(C)nc2CCl)ccn1. The highest BCUT2D eigenvalue weighted by Gasteiger charge is 2.06. The molecule has 2 nitrogen and oxygen atoms in total. The molecule has 2 heterocycles. The van der Waals surface area contributed by atoms with E-state index in [1.807, 2.05) is 38.2 Å². The zero-order chi connectivity index (χ0) is 11.5. The van der Waals surface area contributed by atoms with Gasteiger partial charge >= 0.3 is 0 Å². The molecular formula is C13H13ClN2. The van der Waals surface area contributed by atoms with Crippen LogP contribution in [-0.2, 0) is 5.88 Å². The molecule has 0 bridgehead atoms. The molecule has 0 spiro atoms. The maximum absolute atomic E-state index is 5.92. The molecule has 0 amide bonds. The van der Waals surface area contributed by atoms with Gasteiger partial charge in [0.2, 0.25) is 0 Å². The van der Waals surface area contributed by atoms with Crippen LogP contribution in [0.25, 0.3) is 11.1 Å². The summed E-state index contributed by atoms with van der Waals surface area (Å²) in [6, 6.07) is 8.09. The third-order valence-electron chi connectivity index (χ3n) is 2.45. The Morgan fingerprint density at radius 3 is 2.62 bits per heavy atom. The van der Waals surface area contributed by atoms with Crippen LogP contribution in [0.4, 0.5) is 0 Å². The van der Waals surface area contributed by atoms with Gasteiger partial charge in [-0.25, -0.2) is 0 Å². The maximum Gasteiger partial charge on any atom is 0.0653 e. The van der Waals surface area contributed by atoms with E-state index in [4.69, 9.17) is 11.6 Å². The Labute approximate surface area is 100 Å². The Balaban J connectivity index is 2.55. The average Bonchev–Trinajstić information content (AvgIpc) is 2.28. The fraction of sp³-hybridized carbons (Fsp3) is 0.231. The van der Waals surface area contributed by atoms with Gasteiger partial charge in [0.1, 0.15) is 0 Å². The number of rotatable bonds is 2. The summed E-state index contributed by atoms with van der Waals surface area (Å²) in [6.45, 7) is 3.95. The topological polar surface area (TPSA) is 25.8 Å². The molecule has 2 rings (SSSR count). The third-order valence-corrected chi connectivity index (χ3v) is 2.70. The standard InChI is InChI=1S/C13H13ClN2/c1-9-3-4-12(13(8-14)16-9)11-5-6-15-10(2)7-11/h3-7H,8H2,1-2H3. The normalized spacial score (nSPS) is 10.4. The summed E-state index contributed by atoms with van der Waals surface area (Å²) < 4.78 is 0. The monoisotopic (exact) mass is 232 g/mol. The van der Waals surface area contributed by atoms with Crippen molar-refractivity contribution in [1.29, 1.82) is 0 Å². The van der Waals surface area contributed by atoms with Gasteiger partial charge in [-0.1, -0.05) is 6.07 Å². The summed E-state index contributed by atoms with van der Waals surface area (Å²) in [5, 5.41) is 0. The Hall–Kier alpha value is -1.41. The van der Waals surface area contributed by atoms with Crippen LogP contribution in [0.2, 0.25) is 0 Å². The Morgan fingerprint density at radius 2 is 1.94 bits per heavy atom. The van der Waals surface area contributed by atoms with Crippen molar-refractivity contribution in [3.8, 4) is 11.1 Å². The van der Waals surface area contributed by atoms with E-state index in [1.54, 1.807) is 0 Å². The highest BCUT2D eigenvalue weighted by molar-refractivity contribution is 6.17. The first-order chi connectivity index (χ1) is 7.70. The van der Waals surface area contributed by atoms with Crippen molar-refractivity contribution in [1.82, 2.24) is 9.97 Å². The summed E-state index contributed by atoms with van der Waals surface area (Å²) in [6.07, 6.45) is 1.81. The van der Waals surface area contributed by atoms with E-state index in [2.05, 4.69) is 16.0 Å². The molecule has 0 N–H and O–H groups in total. The molecule has 82 valence electrons. The molecule has 2 aromatic rings. The molecule has 0 radical (unpaired) electrons. The number of aryl methyl sites for hydroxylation is 2. The lowest BCUT2D eigenvalue weighted by Crippen LogP contribution is -1.94. The molecule has 2 aromatic heterocycles. The molecule has 0 aliphatic carbocycles. The lowest BCUT2D eigenvalue weighted by Gasteiger charge is -2.07. The van der Waals surface area contributed by atoms with Crippen molar-refractivity contribution in [2.75, 3.05) is 0 Å². The molecule has 16 heavy (non-hydrogen) atoms. The number of alkyl halides is 1. The van der Waals surface area contributed by atoms with Gasteiger partial charge in [0.15, 0.2) is 0 Å². The van der Waals surface area contributed by atoms with E-state index in [0.29, 0.717) is 5.88 Å². The second-order valence-electron chi connectivity index (χ2n) is 3.77. The van der Waals surface area contributed by atoms with E-state index in [0.717, 1.165) is 28.2 Å². The third kappa shape index (κ3) is 2.22. The lowest BCUT2D eigenvalue weighted by atomic mass is 10.0. The zero-order valence-corrected chi connectivity index (χ0v) is 10.1. The van der Waals surface area contributed by atoms with Gasteiger partial charge < -0.3 is 0 Å². The number of nitrogens with zero attached hydrogens (tertiary/aromatic N) is 2. The molecule has 0 saturated heterocycles. The molecule has 0 aromatic carbocycles. The van der Waals surface area contributed by atoms with Crippen LogP contribution >= 0.6 is 11.6 Å². The molecule has 0 fully saturated rings.